The maximum absolute atomic E-state index is 12.8. The first-order valence-corrected chi connectivity index (χ1v) is 8.78. The summed E-state index contributed by atoms with van der Waals surface area (Å²) < 4.78 is 38.4. The fourth-order valence-corrected chi connectivity index (χ4v) is 2.85. The van der Waals surface area contributed by atoms with Gasteiger partial charge in [0.2, 0.25) is 0 Å². The van der Waals surface area contributed by atoms with Crippen molar-refractivity contribution in [3.05, 3.63) is 65.7 Å². The number of nitrogens with one attached hydrogen (secondary N) is 2. The number of phenolic OH excluding ortho intramolecular Hbond substituents is 1. The molecule has 0 saturated heterocycles. The van der Waals surface area contributed by atoms with Gasteiger partial charge >= 0.3 is 6.18 Å². The topological polar surface area (TPSA) is 65.1 Å². The van der Waals surface area contributed by atoms with Crippen LogP contribution < -0.4 is 5.32 Å². The van der Waals surface area contributed by atoms with Gasteiger partial charge in [-0.05, 0) is 42.3 Å². The number of halogens is 3. The van der Waals surface area contributed by atoms with E-state index < -0.39 is 11.7 Å². The van der Waals surface area contributed by atoms with Crippen molar-refractivity contribution in [1.82, 2.24) is 10.3 Å². The molecular formula is C21H19F3N2O2. The minimum atomic E-state index is -4.41. The van der Waals surface area contributed by atoms with E-state index in [1.807, 2.05) is 6.92 Å². The number of phenols is 1. The zero-order valence-electron chi connectivity index (χ0n) is 15.1. The van der Waals surface area contributed by atoms with Gasteiger partial charge in [-0.25, -0.2) is 0 Å². The number of aromatic nitrogens is 1. The van der Waals surface area contributed by atoms with Crippen molar-refractivity contribution in [3.63, 3.8) is 0 Å². The monoisotopic (exact) mass is 388 g/mol. The molecule has 1 aromatic heterocycles. The zero-order chi connectivity index (χ0) is 20.3. The molecule has 0 fully saturated rings. The first-order valence-electron chi connectivity index (χ1n) is 8.78. The second kappa shape index (κ2) is 7.80. The molecule has 146 valence electrons. The second-order valence-corrected chi connectivity index (χ2v) is 6.35. The number of hydrogen-bond donors (Lipinski definition) is 3. The van der Waals surface area contributed by atoms with Crippen molar-refractivity contribution in [2.45, 2.75) is 19.5 Å². The van der Waals surface area contributed by atoms with Crippen LogP contribution in [-0.2, 0) is 6.18 Å². The van der Waals surface area contributed by atoms with Crippen LogP contribution in [0.25, 0.3) is 22.5 Å². The van der Waals surface area contributed by atoms with E-state index in [1.54, 1.807) is 18.2 Å². The van der Waals surface area contributed by atoms with Gasteiger partial charge in [0.25, 0.3) is 5.91 Å². The van der Waals surface area contributed by atoms with Crippen LogP contribution in [0.1, 0.15) is 29.3 Å². The zero-order valence-corrected chi connectivity index (χ0v) is 15.1. The van der Waals surface area contributed by atoms with E-state index in [9.17, 15) is 23.1 Å². The molecule has 0 aliphatic rings. The Bertz CT molecular complexity index is 976. The van der Waals surface area contributed by atoms with Crippen LogP contribution in [0.3, 0.4) is 0 Å². The number of amides is 1. The van der Waals surface area contributed by atoms with Gasteiger partial charge in [-0.2, -0.15) is 13.2 Å². The molecule has 3 N–H and O–H groups in total. The third-order valence-corrected chi connectivity index (χ3v) is 4.26. The Morgan fingerprint density at radius 1 is 1.07 bits per heavy atom. The van der Waals surface area contributed by atoms with Crippen molar-refractivity contribution in [1.29, 1.82) is 0 Å². The number of aromatic amines is 1. The molecule has 0 saturated carbocycles. The number of benzene rings is 2. The molecule has 0 spiro atoms. The van der Waals surface area contributed by atoms with Gasteiger partial charge in [0.15, 0.2) is 0 Å². The molecule has 1 heterocycles. The van der Waals surface area contributed by atoms with Crippen molar-refractivity contribution in [2.24, 2.45) is 0 Å². The molecule has 0 bridgehead atoms. The molecule has 2 aromatic carbocycles. The average molecular weight is 388 g/mol. The van der Waals surface area contributed by atoms with E-state index in [-0.39, 0.29) is 11.7 Å². The van der Waals surface area contributed by atoms with Crippen molar-refractivity contribution in [3.8, 4) is 28.3 Å². The molecule has 1 amide bonds. The summed E-state index contributed by atoms with van der Waals surface area (Å²) in [5.41, 5.74) is 1.72. The Labute approximate surface area is 160 Å². The molecule has 4 nitrogen and oxygen atoms in total. The molecule has 0 radical (unpaired) electrons. The van der Waals surface area contributed by atoms with E-state index in [1.165, 1.54) is 24.3 Å². The molecule has 0 unspecified atom stereocenters. The summed E-state index contributed by atoms with van der Waals surface area (Å²) in [7, 11) is 0. The molecule has 0 aliphatic heterocycles. The van der Waals surface area contributed by atoms with Gasteiger partial charge in [-0.3, -0.25) is 4.79 Å². The standard InChI is InChI=1S/C21H19F3N2O2/c1-2-10-25-20(28)17-12-18(13-6-8-15(9-7-13)21(22,23)24)26-19(17)14-4-3-5-16(27)11-14/h3-9,11-12,26-27H,2,10H2,1H3,(H,25,28). The number of carbonyl (C=O) groups excluding carboxylic acids is 1. The lowest BCUT2D eigenvalue weighted by atomic mass is 10.1. The van der Waals surface area contributed by atoms with Gasteiger partial charge in [0.05, 0.1) is 16.8 Å². The fourth-order valence-electron chi connectivity index (χ4n) is 2.85. The Morgan fingerprint density at radius 3 is 2.39 bits per heavy atom. The Morgan fingerprint density at radius 2 is 1.79 bits per heavy atom. The predicted octanol–water partition coefficient (Wildman–Crippen LogP) is 5.21. The third-order valence-electron chi connectivity index (χ3n) is 4.26. The normalized spacial score (nSPS) is 11.4. The van der Waals surface area contributed by atoms with Crippen LogP contribution in [0.2, 0.25) is 0 Å². The minimum absolute atomic E-state index is 0.0445. The first-order chi connectivity index (χ1) is 13.3. The van der Waals surface area contributed by atoms with Crippen molar-refractivity contribution < 1.29 is 23.1 Å². The molecule has 0 atom stereocenters. The highest BCUT2D eigenvalue weighted by Crippen LogP contribution is 2.33. The van der Waals surface area contributed by atoms with E-state index in [0.717, 1.165) is 18.6 Å². The summed E-state index contributed by atoms with van der Waals surface area (Å²) in [6.07, 6.45) is -3.64. The van der Waals surface area contributed by atoms with Crippen LogP contribution in [0.15, 0.2) is 54.6 Å². The van der Waals surface area contributed by atoms with Gasteiger partial charge in [-0.1, -0.05) is 31.2 Å². The van der Waals surface area contributed by atoms with Crippen molar-refractivity contribution in [2.75, 3.05) is 6.54 Å². The van der Waals surface area contributed by atoms with Gasteiger partial charge in [0, 0.05) is 17.8 Å². The largest absolute Gasteiger partial charge is 0.508 e. The molecular weight excluding hydrogens is 369 g/mol. The quantitative estimate of drug-likeness (QED) is 0.562. The average Bonchev–Trinajstić information content (AvgIpc) is 3.11. The molecule has 7 heteroatoms. The molecule has 3 aromatic rings. The number of rotatable bonds is 5. The summed E-state index contributed by atoms with van der Waals surface area (Å²) >= 11 is 0. The van der Waals surface area contributed by atoms with Gasteiger partial charge in [-0.15, -0.1) is 0 Å². The summed E-state index contributed by atoms with van der Waals surface area (Å²) in [6, 6.07) is 12.7. The number of aromatic hydroxyl groups is 1. The molecule has 0 aliphatic carbocycles. The Balaban J connectivity index is 2.04. The van der Waals surface area contributed by atoms with Crippen LogP contribution in [0.4, 0.5) is 13.2 Å². The molecule has 3 rings (SSSR count). The maximum Gasteiger partial charge on any atom is 0.416 e. The highest BCUT2D eigenvalue weighted by Gasteiger charge is 2.30. The van der Waals surface area contributed by atoms with Crippen LogP contribution >= 0.6 is 0 Å². The fraction of sp³-hybridized carbons (Fsp3) is 0.190. The lowest BCUT2D eigenvalue weighted by molar-refractivity contribution is -0.137. The van der Waals surface area contributed by atoms with E-state index in [2.05, 4.69) is 10.3 Å². The Hall–Kier alpha value is -3.22. The van der Waals surface area contributed by atoms with Gasteiger partial charge in [0.1, 0.15) is 5.75 Å². The summed E-state index contributed by atoms with van der Waals surface area (Å²) in [4.78, 5) is 15.7. The van der Waals surface area contributed by atoms with Crippen LogP contribution in [0, 0.1) is 0 Å². The SMILES string of the molecule is CCCNC(=O)c1cc(-c2ccc(C(F)(F)F)cc2)[nH]c1-c1cccc(O)c1. The highest BCUT2D eigenvalue weighted by molar-refractivity contribution is 6.01. The third kappa shape index (κ3) is 4.19. The van der Waals surface area contributed by atoms with Gasteiger partial charge < -0.3 is 15.4 Å². The van der Waals surface area contributed by atoms with E-state index in [0.29, 0.717) is 34.6 Å². The predicted molar refractivity (Wildman–Crippen MR) is 101 cm³/mol. The lowest BCUT2D eigenvalue weighted by Gasteiger charge is -2.07. The lowest BCUT2D eigenvalue weighted by Crippen LogP contribution is -2.24. The Kier molecular flexibility index (Phi) is 5.44. The minimum Gasteiger partial charge on any atom is -0.508 e. The summed E-state index contributed by atoms with van der Waals surface area (Å²) in [5, 5.41) is 12.6. The number of alkyl halides is 3. The van der Waals surface area contributed by atoms with Crippen molar-refractivity contribution >= 4 is 5.91 Å². The van der Waals surface area contributed by atoms with E-state index >= 15 is 0 Å². The maximum atomic E-state index is 12.8. The second-order valence-electron chi connectivity index (χ2n) is 6.35. The molecule has 28 heavy (non-hydrogen) atoms. The smallest absolute Gasteiger partial charge is 0.416 e. The number of carbonyl (C=O) groups is 1. The van der Waals surface area contributed by atoms with E-state index in [4.69, 9.17) is 0 Å². The van der Waals surface area contributed by atoms with Crippen LogP contribution in [0.5, 0.6) is 5.75 Å². The number of hydrogen-bond acceptors (Lipinski definition) is 2. The summed E-state index contributed by atoms with van der Waals surface area (Å²) in [5.74, 6) is -0.252. The summed E-state index contributed by atoms with van der Waals surface area (Å²) in [6.45, 7) is 2.43. The van der Waals surface area contributed by atoms with Crippen LogP contribution in [-0.4, -0.2) is 22.5 Å². The number of H-pyrrole nitrogens is 1. The highest BCUT2D eigenvalue weighted by atomic mass is 19.4. The first kappa shape index (κ1) is 19.5.